The predicted molar refractivity (Wildman–Crippen MR) is 120 cm³/mol. The number of rotatable bonds is 8. The number of benzene rings is 1. The molecule has 0 saturated heterocycles. The zero-order valence-corrected chi connectivity index (χ0v) is 18.4. The summed E-state index contributed by atoms with van der Waals surface area (Å²) in [6.07, 6.45) is 0.638. The van der Waals surface area contributed by atoms with Crippen molar-refractivity contribution >= 4 is 45.5 Å². The fourth-order valence-corrected chi connectivity index (χ4v) is 4.46. The van der Waals surface area contributed by atoms with Crippen LogP contribution in [0.15, 0.2) is 32.1 Å². The Morgan fingerprint density at radius 3 is 2.80 bits per heavy atom. The van der Waals surface area contributed by atoms with E-state index < -0.39 is 17.0 Å². The molecule has 9 nitrogen and oxygen atoms in total. The van der Waals surface area contributed by atoms with E-state index in [-0.39, 0.29) is 17.1 Å². The molecule has 2 heterocycles. The van der Waals surface area contributed by atoms with Crippen LogP contribution < -0.4 is 22.3 Å². The van der Waals surface area contributed by atoms with Gasteiger partial charge in [-0.25, -0.2) is 4.79 Å². The molecule has 30 heavy (non-hydrogen) atoms. The number of hydrogen-bond donors (Lipinski definition) is 3. The molecule has 4 N–H and O–H groups in total. The van der Waals surface area contributed by atoms with E-state index >= 15 is 0 Å². The first-order valence-electron chi connectivity index (χ1n) is 9.27. The second-order valence-corrected chi connectivity index (χ2v) is 8.83. The minimum absolute atomic E-state index is 0.0459. The summed E-state index contributed by atoms with van der Waals surface area (Å²) in [7, 11) is 0. The molecule has 1 aromatic carbocycles. The van der Waals surface area contributed by atoms with E-state index in [0.29, 0.717) is 22.4 Å². The van der Waals surface area contributed by atoms with Gasteiger partial charge in [-0.15, -0.1) is 10.2 Å². The lowest BCUT2D eigenvalue weighted by Gasteiger charge is -2.10. The van der Waals surface area contributed by atoms with Gasteiger partial charge in [-0.05, 0) is 37.5 Å². The molecule has 0 spiro atoms. The number of nitrogens with two attached hydrogens (primary N) is 1. The number of carbonyl (C=O) groups is 1. The van der Waals surface area contributed by atoms with Crippen molar-refractivity contribution in [1.82, 2.24) is 19.7 Å². The van der Waals surface area contributed by atoms with Crippen molar-refractivity contribution in [3.05, 3.63) is 55.7 Å². The third-order valence-electron chi connectivity index (χ3n) is 4.55. The highest BCUT2D eigenvalue weighted by Gasteiger charge is 2.20. The first-order chi connectivity index (χ1) is 14.3. The maximum absolute atomic E-state index is 12.6. The van der Waals surface area contributed by atoms with Crippen molar-refractivity contribution in [2.75, 3.05) is 16.8 Å². The molecule has 0 aliphatic heterocycles. The van der Waals surface area contributed by atoms with Crippen molar-refractivity contribution in [3.8, 4) is 0 Å². The van der Waals surface area contributed by atoms with Gasteiger partial charge in [0, 0.05) is 12.2 Å². The van der Waals surface area contributed by atoms with Gasteiger partial charge in [-0.2, -0.15) is 0 Å². The number of aromatic nitrogens is 4. The monoisotopic (exact) mass is 446 g/mol. The topological polar surface area (TPSA) is 136 Å². The molecule has 3 rings (SSSR count). The minimum Gasteiger partial charge on any atom is -0.384 e. The Balaban J connectivity index is 1.72. The summed E-state index contributed by atoms with van der Waals surface area (Å²) >= 11 is 2.47. The van der Waals surface area contributed by atoms with E-state index in [0.717, 1.165) is 28.6 Å². The van der Waals surface area contributed by atoms with Gasteiger partial charge in [0.2, 0.25) is 5.13 Å². The molecular formula is C19H22N6O3S2. The molecule has 3 aromatic rings. The molecule has 0 saturated carbocycles. The van der Waals surface area contributed by atoms with Crippen LogP contribution >= 0.6 is 23.1 Å². The number of H-pyrrole nitrogens is 1. The van der Waals surface area contributed by atoms with Gasteiger partial charge in [-0.1, -0.05) is 42.2 Å². The van der Waals surface area contributed by atoms with E-state index in [1.165, 1.54) is 15.9 Å². The van der Waals surface area contributed by atoms with Crippen molar-refractivity contribution in [1.29, 1.82) is 0 Å². The van der Waals surface area contributed by atoms with Gasteiger partial charge in [0.15, 0.2) is 10.1 Å². The zero-order valence-electron chi connectivity index (χ0n) is 16.8. The van der Waals surface area contributed by atoms with Crippen LogP contribution in [-0.4, -0.2) is 31.3 Å². The molecular weight excluding hydrogens is 424 g/mol. The van der Waals surface area contributed by atoms with Gasteiger partial charge in [0.25, 0.3) is 5.56 Å². The highest BCUT2D eigenvalue weighted by Crippen LogP contribution is 2.29. The van der Waals surface area contributed by atoms with Gasteiger partial charge >= 0.3 is 5.69 Å². The van der Waals surface area contributed by atoms with E-state index in [4.69, 9.17) is 5.73 Å². The zero-order chi connectivity index (χ0) is 21.8. The number of ketones is 1. The summed E-state index contributed by atoms with van der Waals surface area (Å²) in [4.78, 5) is 38.8. The summed E-state index contributed by atoms with van der Waals surface area (Å²) in [5, 5.41) is 12.0. The largest absolute Gasteiger partial charge is 0.384 e. The third kappa shape index (κ3) is 4.62. The Hall–Kier alpha value is -2.92. The number of thioether (sulfide) groups is 1. The lowest BCUT2D eigenvalue weighted by Crippen LogP contribution is -2.36. The van der Waals surface area contributed by atoms with Crippen LogP contribution in [0, 0.1) is 13.8 Å². The first-order valence-corrected chi connectivity index (χ1v) is 11.1. The Morgan fingerprint density at radius 2 is 2.07 bits per heavy atom. The van der Waals surface area contributed by atoms with Crippen LogP contribution in [-0.2, 0) is 6.54 Å². The molecule has 0 aliphatic carbocycles. The van der Waals surface area contributed by atoms with E-state index in [9.17, 15) is 14.4 Å². The minimum atomic E-state index is -0.773. The van der Waals surface area contributed by atoms with Crippen LogP contribution in [0.2, 0.25) is 0 Å². The van der Waals surface area contributed by atoms with Crippen LogP contribution in [0.4, 0.5) is 16.6 Å². The summed E-state index contributed by atoms with van der Waals surface area (Å²) in [6.45, 7) is 6.24. The molecule has 158 valence electrons. The molecule has 0 aliphatic rings. The Bertz CT molecular complexity index is 1200. The van der Waals surface area contributed by atoms with E-state index in [1.807, 2.05) is 39.0 Å². The molecule has 0 bridgehead atoms. The number of carbonyl (C=O) groups excluding carboxylic acids is 1. The van der Waals surface area contributed by atoms with Gasteiger partial charge in [0.1, 0.15) is 11.4 Å². The number of nitrogen functional groups attached to an aromatic ring is 1. The van der Waals surface area contributed by atoms with Crippen LogP contribution in [0.1, 0.15) is 34.8 Å². The normalized spacial score (nSPS) is 10.9. The molecule has 11 heteroatoms. The first kappa shape index (κ1) is 21.8. The SMILES string of the molecule is CCCn1c(N)c(C(=O)CSc2nnc(Nc3cccc(C)c3C)s2)c(=O)[nH]c1=O. The number of Topliss-reactive ketones (excluding diaryl/α,β-unsaturated/α-hetero) is 1. The molecule has 2 aromatic heterocycles. The van der Waals surface area contributed by atoms with Gasteiger partial charge in [-0.3, -0.25) is 19.1 Å². The molecule has 0 radical (unpaired) electrons. The molecule has 0 unspecified atom stereocenters. The standard InChI is InChI=1S/C19H22N6O3S2/c1-4-8-25-15(20)14(16(27)22-18(25)28)13(26)9-29-19-24-23-17(30-19)21-12-7-5-6-10(2)11(12)3/h5-7H,4,8-9,20H2,1-3H3,(H,21,23)(H,22,27,28). The Morgan fingerprint density at radius 1 is 1.30 bits per heavy atom. The van der Waals surface area contributed by atoms with Crippen LogP contribution in [0.3, 0.4) is 0 Å². The van der Waals surface area contributed by atoms with Gasteiger partial charge in [0.05, 0.1) is 5.75 Å². The second-order valence-electron chi connectivity index (χ2n) is 6.63. The average Bonchev–Trinajstić information content (AvgIpc) is 3.14. The molecule has 0 atom stereocenters. The predicted octanol–water partition coefficient (Wildman–Crippen LogP) is 2.72. The second kappa shape index (κ2) is 9.26. The fourth-order valence-electron chi connectivity index (χ4n) is 2.82. The Kier molecular flexibility index (Phi) is 6.73. The maximum atomic E-state index is 12.6. The lowest BCUT2D eigenvalue weighted by molar-refractivity contribution is 0.102. The smallest absolute Gasteiger partial charge is 0.329 e. The number of anilines is 3. The molecule has 0 fully saturated rings. The number of nitrogens with one attached hydrogen (secondary N) is 2. The Labute approximate surface area is 180 Å². The highest BCUT2D eigenvalue weighted by molar-refractivity contribution is 8.01. The number of nitrogens with zero attached hydrogens (tertiary/aromatic N) is 3. The average molecular weight is 447 g/mol. The lowest BCUT2D eigenvalue weighted by atomic mass is 10.1. The summed E-state index contributed by atoms with van der Waals surface area (Å²) < 4.78 is 1.78. The summed E-state index contributed by atoms with van der Waals surface area (Å²) in [5.74, 6) is -0.621. The van der Waals surface area contributed by atoms with Crippen LogP contribution in [0.25, 0.3) is 0 Å². The molecule has 0 amide bonds. The maximum Gasteiger partial charge on any atom is 0.329 e. The fraction of sp³-hybridized carbons (Fsp3) is 0.316. The highest BCUT2D eigenvalue weighted by atomic mass is 32.2. The van der Waals surface area contributed by atoms with Crippen molar-refractivity contribution in [3.63, 3.8) is 0 Å². The number of aromatic amines is 1. The van der Waals surface area contributed by atoms with Crippen LogP contribution in [0.5, 0.6) is 0 Å². The van der Waals surface area contributed by atoms with Gasteiger partial charge < -0.3 is 11.1 Å². The van der Waals surface area contributed by atoms with E-state index in [2.05, 4.69) is 20.5 Å². The quantitative estimate of drug-likeness (QED) is 0.355. The van der Waals surface area contributed by atoms with Crippen molar-refractivity contribution in [2.45, 2.75) is 38.1 Å². The van der Waals surface area contributed by atoms with Crippen molar-refractivity contribution in [2.24, 2.45) is 0 Å². The number of aryl methyl sites for hydroxylation is 1. The summed E-state index contributed by atoms with van der Waals surface area (Å²) in [6, 6.07) is 5.95. The summed E-state index contributed by atoms with van der Waals surface area (Å²) in [5.41, 5.74) is 7.57. The number of hydrogen-bond acceptors (Lipinski definition) is 9. The third-order valence-corrected chi connectivity index (χ3v) is 6.52. The van der Waals surface area contributed by atoms with E-state index in [1.54, 1.807) is 0 Å². The van der Waals surface area contributed by atoms with Crippen molar-refractivity contribution < 1.29 is 4.79 Å².